The summed E-state index contributed by atoms with van der Waals surface area (Å²) >= 11 is 0. The summed E-state index contributed by atoms with van der Waals surface area (Å²) in [6.45, 7) is 3.28. The van der Waals surface area contributed by atoms with Crippen molar-refractivity contribution in [3.8, 4) is 0 Å². The average molecular weight is 392 g/mol. The predicted octanol–water partition coefficient (Wildman–Crippen LogP) is 2.86. The molecule has 152 valence electrons. The van der Waals surface area contributed by atoms with Crippen LogP contribution in [0.25, 0.3) is 0 Å². The van der Waals surface area contributed by atoms with Gasteiger partial charge in [-0.25, -0.2) is 0 Å². The van der Waals surface area contributed by atoms with Gasteiger partial charge in [-0.15, -0.1) is 0 Å². The Balaban J connectivity index is 1.36. The fraction of sp³-hybridized carbons (Fsp3) is 0.417. The molecule has 2 aliphatic rings. The minimum Gasteiger partial charge on any atom is -0.354 e. The van der Waals surface area contributed by atoms with Crippen LogP contribution in [0.1, 0.15) is 24.8 Å². The van der Waals surface area contributed by atoms with Crippen molar-refractivity contribution in [3.63, 3.8) is 0 Å². The Morgan fingerprint density at radius 2 is 1.66 bits per heavy atom. The zero-order chi connectivity index (χ0) is 20.1. The molecule has 0 spiro atoms. The van der Waals surface area contributed by atoms with Crippen molar-refractivity contribution in [2.24, 2.45) is 5.92 Å². The highest BCUT2D eigenvalue weighted by Crippen LogP contribution is 2.25. The van der Waals surface area contributed by atoms with E-state index in [0.29, 0.717) is 19.1 Å². The van der Waals surface area contributed by atoms with Crippen molar-refractivity contribution in [2.45, 2.75) is 31.7 Å². The SMILES string of the molecule is O=C(NCC(Cc1ccccc1)N1CCCC1)C1CC(=O)N(c2ccccc2)C1. The monoisotopic (exact) mass is 391 g/mol. The van der Waals surface area contributed by atoms with Crippen LogP contribution in [0.5, 0.6) is 0 Å². The van der Waals surface area contributed by atoms with Crippen molar-refractivity contribution in [1.29, 1.82) is 0 Å². The molecule has 2 heterocycles. The smallest absolute Gasteiger partial charge is 0.227 e. The summed E-state index contributed by atoms with van der Waals surface area (Å²) in [5.74, 6) is -0.260. The van der Waals surface area contributed by atoms with Crippen LogP contribution in [0.3, 0.4) is 0 Å². The van der Waals surface area contributed by atoms with Gasteiger partial charge in [0.15, 0.2) is 0 Å². The number of hydrogen-bond donors (Lipinski definition) is 1. The quantitative estimate of drug-likeness (QED) is 0.790. The molecule has 29 heavy (non-hydrogen) atoms. The van der Waals surface area contributed by atoms with Crippen LogP contribution in [0.2, 0.25) is 0 Å². The number of likely N-dealkylation sites (tertiary alicyclic amines) is 1. The molecule has 2 aromatic carbocycles. The second kappa shape index (κ2) is 9.23. The van der Waals surface area contributed by atoms with Crippen LogP contribution in [-0.2, 0) is 16.0 Å². The molecule has 0 aliphatic carbocycles. The Bertz CT molecular complexity index is 819. The number of hydrogen-bond acceptors (Lipinski definition) is 3. The van der Waals surface area contributed by atoms with Crippen LogP contribution in [0.4, 0.5) is 5.69 Å². The molecule has 2 aromatic rings. The largest absolute Gasteiger partial charge is 0.354 e. The molecule has 0 saturated carbocycles. The fourth-order valence-electron chi connectivity index (χ4n) is 4.43. The summed E-state index contributed by atoms with van der Waals surface area (Å²) in [6.07, 6.45) is 3.67. The Hall–Kier alpha value is -2.66. The van der Waals surface area contributed by atoms with E-state index >= 15 is 0 Å². The molecule has 2 atom stereocenters. The van der Waals surface area contributed by atoms with Crippen LogP contribution < -0.4 is 10.2 Å². The number of carbonyl (C=O) groups is 2. The summed E-state index contributed by atoms with van der Waals surface area (Å²) < 4.78 is 0. The lowest BCUT2D eigenvalue weighted by Gasteiger charge is -2.28. The van der Waals surface area contributed by atoms with Gasteiger partial charge in [0.05, 0.1) is 5.92 Å². The molecule has 2 fully saturated rings. The average Bonchev–Trinajstić information content (AvgIpc) is 3.42. The van der Waals surface area contributed by atoms with E-state index in [1.165, 1.54) is 18.4 Å². The topological polar surface area (TPSA) is 52.7 Å². The second-order valence-electron chi connectivity index (χ2n) is 8.07. The molecule has 2 aliphatic heterocycles. The van der Waals surface area contributed by atoms with Crippen LogP contribution in [-0.4, -0.2) is 48.9 Å². The molecule has 2 amide bonds. The second-order valence-corrected chi connectivity index (χ2v) is 8.07. The number of benzene rings is 2. The number of carbonyl (C=O) groups excluding carboxylic acids is 2. The minimum absolute atomic E-state index is 0.00552. The van der Waals surface area contributed by atoms with E-state index in [1.807, 2.05) is 36.4 Å². The lowest BCUT2D eigenvalue weighted by molar-refractivity contribution is -0.126. The highest BCUT2D eigenvalue weighted by molar-refractivity contribution is 6.00. The van der Waals surface area contributed by atoms with Crippen molar-refractivity contribution >= 4 is 17.5 Å². The maximum atomic E-state index is 12.8. The summed E-state index contributed by atoms with van der Waals surface area (Å²) in [5.41, 5.74) is 2.16. The molecule has 5 nitrogen and oxygen atoms in total. The van der Waals surface area contributed by atoms with Crippen molar-refractivity contribution in [1.82, 2.24) is 10.2 Å². The Morgan fingerprint density at radius 1 is 1.00 bits per heavy atom. The molecule has 5 heteroatoms. The molecule has 0 aromatic heterocycles. The van der Waals surface area contributed by atoms with E-state index in [0.717, 1.165) is 25.2 Å². The third-order valence-electron chi connectivity index (χ3n) is 6.05. The van der Waals surface area contributed by atoms with E-state index in [1.54, 1.807) is 4.90 Å². The van der Waals surface area contributed by atoms with E-state index < -0.39 is 0 Å². The van der Waals surface area contributed by atoms with Gasteiger partial charge in [-0.05, 0) is 50.0 Å². The zero-order valence-corrected chi connectivity index (χ0v) is 16.8. The van der Waals surface area contributed by atoms with Gasteiger partial charge in [-0.2, -0.15) is 0 Å². The van der Waals surface area contributed by atoms with Crippen molar-refractivity contribution in [3.05, 3.63) is 66.2 Å². The Morgan fingerprint density at radius 3 is 2.34 bits per heavy atom. The lowest BCUT2D eigenvalue weighted by Crippen LogP contribution is -2.45. The first-order valence-corrected chi connectivity index (χ1v) is 10.6. The van der Waals surface area contributed by atoms with Gasteiger partial charge < -0.3 is 10.2 Å². The number of anilines is 1. The first-order chi connectivity index (χ1) is 14.2. The van der Waals surface area contributed by atoms with Crippen LogP contribution in [0.15, 0.2) is 60.7 Å². The van der Waals surface area contributed by atoms with Gasteiger partial charge in [0.1, 0.15) is 0 Å². The van der Waals surface area contributed by atoms with Gasteiger partial charge in [-0.3, -0.25) is 14.5 Å². The predicted molar refractivity (Wildman–Crippen MR) is 115 cm³/mol. The molecule has 0 bridgehead atoms. The summed E-state index contributed by atoms with van der Waals surface area (Å²) in [4.78, 5) is 29.5. The number of rotatable bonds is 7. The van der Waals surface area contributed by atoms with E-state index in [4.69, 9.17) is 0 Å². The highest BCUT2D eigenvalue weighted by atomic mass is 16.2. The van der Waals surface area contributed by atoms with Crippen molar-refractivity contribution < 1.29 is 9.59 Å². The first-order valence-electron chi connectivity index (χ1n) is 10.6. The summed E-state index contributed by atoms with van der Waals surface area (Å²) in [5, 5.41) is 3.15. The van der Waals surface area contributed by atoms with Crippen LogP contribution >= 0.6 is 0 Å². The van der Waals surface area contributed by atoms with Crippen molar-refractivity contribution in [2.75, 3.05) is 31.1 Å². The maximum absolute atomic E-state index is 12.8. The Labute approximate surface area is 172 Å². The minimum atomic E-state index is -0.279. The molecule has 4 rings (SSSR count). The molecule has 2 unspecified atom stereocenters. The van der Waals surface area contributed by atoms with E-state index in [-0.39, 0.29) is 24.2 Å². The molecular formula is C24H29N3O2. The highest BCUT2D eigenvalue weighted by Gasteiger charge is 2.35. The van der Waals surface area contributed by atoms with Gasteiger partial charge in [0, 0.05) is 31.2 Å². The van der Waals surface area contributed by atoms with E-state index in [9.17, 15) is 9.59 Å². The number of nitrogens with one attached hydrogen (secondary N) is 1. The fourth-order valence-corrected chi connectivity index (χ4v) is 4.43. The Kier molecular flexibility index (Phi) is 6.25. The summed E-state index contributed by atoms with van der Waals surface area (Å²) in [7, 11) is 0. The van der Waals surface area contributed by atoms with Gasteiger partial charge in [0.25, 0.3) is 0 Å². The maximum Gasteiger partial charge on any atom is 0.227 e. The van der Waals surface area contributed by atoms with Gasteiger partial charge >= 0.3 is 0 Å². The number of para-hydroxylation sites is 1. The van der Waals surface area contributed by atoms with Gasteiger partial charge in [0.2, 0.25) is 11.8 Å². The normalized spacial score (nSPS) is 20.8. The molecule has 0 radical (unpaired) electrons. The van der Waals surface area contributed by atoms with E-state index in [2.05, 4.69) is 34.5 Å². The third-order valence-corrected chi connectivity index (χ3v) is 6.05. The zero-order valence-electron chi connectivity index (χ0n) is 16.8. The third kappa shape index (κ3) is 4.85. The summed E-state index contributed by atoms with van der Waals surface area (Å²) in [6, 6.07) is 20.4. The number of amides is 2. The number of nitrogens with zero attached hydrogens (tertiary/aromatic N) is 2. The van der Waals surface area contributed by atoms with Crippen LogP contribution in [0, 0.1) is 5.92 Å². The standard InChI is InChI=1S/C24H29N3O2/c28-23-16-20(18-27(23)21-11-5-2-6-12-21)24(29)25-17-22(26-13-7-8-14-26)15-19-9-3-1-4-10-19/h1-6,9-12,20,22H,7-8,13-18H2,(H,25,29). The van der Waals surface area contributed by atoms with Gasteiger partial charge in [-0.1, -0.05) is 48.5 Å². The molecule has 2 saturated heterocycles. The first kappa shape index (κ1) is 19.6. The molecule has 1 N–H and O–H groups in total. The lowest BCUT2D eigenvalue weighted by atomic mass is 10.0. The molecular weight excluding hydrogens is 362 g/mol.